The van der Waals surface area contributed by atoms with Crippen molar-refractivity contribution >= 4 is 23.5 Å². The average molecular weight is 552 g/mol. The molecular formula is C6H9Na6O15P3. The van der Waals surface area contributed by atoms with Crippen molar-refractivity contribution in [2.75, 3.05) is 0 Å². The van der Waals surface area contributed by atoms with Crippen molar-refractivity contribution in [3.63, 3.8) is 0 Å². The van der Waals surface area contributed by atoms with Crippen molar-refractivity contribution in [1.29, 1.82) is 0 Å². The minimum absolute atomic E-state index is 0. The summed E-state index contributed by atoms with van der Waals surface area (Å²) in [6, 6.07) is 0. The third-order valence-electron chi connectivity index (χ3n) is 2.77. The van der Waals surface area contributed by atoms with Crippen LogP contribution in [0, 0.1) is 0 Å². The summed E-state index contributed by atoms with van der Waals surface area (Å²) in [7, 11) is -17.9. The monoisotopic (exact) mass is 552 g/mol. The summed E-state index contributed by atoms with van der Waals surface area (Å²) in [4.78, 5) is 63.6. The van der Waals surface area contributed by atoms with Crippen LogP contribution in [0.1, 0.15) is 0 Å². The predicted octanol–water partition coefficient (Wildman–Crippen LogP) is -25.3. The van der Waals surface area contributed by atoms with Gasteiger partial charge in [-0.15, -0.1) is 0 Å². The van der Waals surface area contributed by atoms with E-state index in [1.807, 2.05) is 0 Å². The second-order valence-electron chi connectivity index (χ2n) is 4.52. The molecule has 0 saturated heterocycles. The summed E-state index contributed by atoms with van der Waals surface area (Å²) >= 11 is 0. The van der Waals surface area contributed by atoms with Crippen molar-refractivity contribution in [1.82, 2.24) is 0 Å². The quantitative estimate of drug-likeness (QED) is 0.204. The zero-order valence-electron chi connectivity index (χ0n) is 17.0. The van der Waals surface area contributed by atoms with Crippen molar-refractivity contribution < 1.29 is 249 Å². The molecule has 1 aliphatic carbocycles. The number of aliphatic hydroxyl groups excluding tert-OH is 3. The Labute approximate surface area is 303 Å². The van der Waals surface area contributed by atoms with Crippen LogP contribution in [0.15, 0.2) is 0 Å². The Morgan fingerprint density at radius 1 is 0.467 bits per heavy atom. The maximum atomic E-state index is 10.6. The van der Waals surface area contributed by atoms with Gasteiger partial charge < -0.3 is 71.9 Å². The topological polar surface area (TPSA) is 278 Å². The first-order chi connectivity index (χ1) is 10.5. The summed E-state index contributed by atoms with van der Waals surface area (Å²) in [6.07, 6.45) is -15.7. The van der Waals surface area contributed by atoms with E-state index in [0.29, 0.717) is 0 Å². The fourth-order valence-electron chi connectivity index (χ4n) is 1.98. The van der Waals surface area contributed by atoms with Crippen LogP contribution in [0.4, 0.5) is 0 Å². The van der Waals surface area contributed by atoms with Gasteiger partial charge in [-0.25, -0.2) is 0 Å². The molecule has 6 atom stereocenters. The van der Waals surface area contributed by atoms with Crippen molar-refractivity contribution in [3.05, 3.63) is 0 Å². The number of phosphoric acid groups is 3. The Kier molecular flexibility index (Phi) is 33.1. The summed E-state index contributed by atoms with van der Waals surface area (Å²) in [5, 5.41) is 28.9. The van der Waals surface area contributed by atoms with E-state index in [2.05, 4.69) is 13.6 Å². The zero-order chi connectivity index (χ0) is 19.1. The molecule has 1 aliphatic rings. The molecule has 0 aromatic rings. The van der Waals surface area contributed by atoms with Gasteiger partial charge in [0.1, 0.15) is 36.6 Å². The van der Waals surface area contributed by atoms with Gasteiger partial charge in [0.15, 0.2) is 0 Å². The maximum Gasteiger partial charge on any atom is 1.00 e. The molecule has 0 amide bonds. The van der Waals surface area contributed by atoms with Crippen LogP contribution in [-0.2, 0) is 27.3 Å². The van der Waals surface area contributed by atoms with Crippen LogP contribution in [0.25, 0.3) is 0 Å². The molecule has 1 saturated carbocycles. The third kappa shape index (κ3) is 18.5. The molecule has 0 spiro atoms. The molecule has 144 valence electrons. The summed E-state index contributed by atoms with van der Waals surface area (Å²) in [6.45, 7) is 0. The minimum atomic E-state index is -6.01. The van der Waals surface area contributed by atoms with Crippen molar-refractivity contribution in [2.24, 2.45) is 0 Å². The number of aliphatic hydroxyl groups is 3. The molecule has 15 nitrogen and oxygen atoms in total. The molecule has 1 fully saturated rings. The first-order valence-electron chi connectivity index (χ1n) is 5.67. The van der Waals surface area contributed by atoms with Gasteiger partial charge in [0.25, 0.3) is 0 Å². The van der Waals surface area contributed by atoms with Crippen LogP contribution >= 0.6 is 23.5 Å². The first kappa shape index (κ1) is 49.2. The molecule has 0 bridgehead atoms. The van der Waals surface area contributed by atoms with Gasteiger partial charge in [0, 0.05) is 0 Å². The zero-order valence-corrected chi connectivity index (χ0v) is 31.7. The molecule has 0 unspecified atom stereocenters. The molecule has 0 aromatic carbocycles. The Hall–Kier alpha value is 6.21. The van der Waals surface area contributed by atoms with Crippen LogP contribution < -0.4 is 207 Å². The van der Waals surface area contributed by atoms with Gasteiger partial charge in [-0.3, -0.25) is 0 Å². The van der Waals surface area contributed by atoms with E-state index in [4.69, 9.17) is 0 Å². The van der Waals surface area contributed by atoms with Crippen molar-refractivity contribution in [3.8, 4) is 0 Å². The van der Waals surface area contributed by atoms with Crippen LogP contribution in [0.5, 0.6) is 0 Å². The first-order valence-corrected chi connectivity index (χ1v) is 10.1. The standard InChI is InChI=1S/C6H15O15P3.6Na/c7-1-2(8)5(20-23(13,14)15)6(21-24(16,17)18)3(9)4(1)19-22(10,11)12;;;;;;/h1-9H,(H2,10,11,12)(H2,13,14,15)(H2,16,17,18);;;;;;/q;6*+1/p-6/t1-,2-,3-,4+,5+,6-;;;;;;/m0....../s1. The second-order valence-corrected chi connectivity index (χ2v) is 7.84. The van der Waals surface area contributed by atoms with Gasteiger partial charge in [-0.2, -0.15) is 0 Å². The molecule has 30 heavy (non-hydrogen) atoms. The number of rotatable bonds is 6. The summed E-state index contributed by atoms with van der Waals surface area (Å²) in [5.41, 5.74) is 0. The van der Waals surface area contributed by atoms with Crippen molar-refractivity contribution in [2.45, 2.75) is 36.6 Å². The van der Waals surface area contributed by atoms with E-state index in [0.717, 1.165) is 0 Å². The van der Waals surface area contributed by atoms with Gasteiger partial charge in [0.05, 0.1) is 23.5 Å². The van der Waals surface area contributed by atoms with Gasteiger partial charge >= 0.3 is 177 Å². The normalized spacial score (nSPS) is 28.7. The van der Waals surface area contributed by atoms with E-state index >= 15 is 0 Å². The van der Waals surface area contributed by atoms with Crippen LogP contribution in [0.2, 0.25) is 0 Å². The van der Waals surface area contributed by atoms with E-state index in [1.165, 1.54) is 0 Å². The van der Waals surface area contributed by atoms with Gasteiger partial charge in [0.2, 0.25) is 0 Å². The van der Waals surface area contributed by atoms with Crippen LogP contribution in [0.3, 0.4) is 0 Å². The predicted molar refractivity (Wildman–Crippen MR) is 55.5 cm³/mol. The molecule has 24 heteroatoms. The fourth-order valence-corrected chi connectivity index (χ4v) is 3.62. The van der Waals surface area contributed by atoms with E-state index < -0.39 is 60.1 Å². The molecular weight excluding hydrogens is 543 g/mol. The van der Waals surface area contributed by atoms with E-state index in [1.54, 1.807) is 0 Å². The summed E-state index contributed by atoms with van der Waals surface area (Å²) in [5.74, 6) is 0. The van der Waals surface area contributed by atoms with E-state index in [-0.39, 0.29) is 177 Å². The smallest absolute Gasteiger partial charge is 0.790 e. The Balaban J connectivity index is -0.000000240. The Morgan fingerprint density at radius 2 is 0.667 bits per heavy atom. The Bertz CT molecular complexity index is 595. The van der Waals surface area contributed by atoms with Gasteiger partial charge in [-0.1, -0.05) is 0 Å². The van der Waals surface area contributed by atoms with Crippen LogP contribution in [-0.4, -0.2) is 51.9 Å². The largest absolute Gasteiger partial charge is 1.00 e. The third-order valence-corrected chi connectivity index (χ3v) is 4.28. The summed E-state index contributed by atoms with van der Waals surface area (Å²) < 4.78 is 43.0. The average Bonchev–Trinajstić information content (AvgIpc) is 2.32. The molecule has 0 heterocycles. The molecule has 0 aromatic heterocycles. The van der Waals surface area contributed by atoms with Gasteiger partial charge in [-0.05, 0) is 0 Å². The number of phosphoric ester groups is 3. The number of hydrogen-bond donors (Lipinski definition) is 3. The SMILES string of the molecule is O=P([O-])([O-])O[C@@H]1[C@@H](O)[C@H](O)[C@@H](OP(=O)([O-])[O-])[C@@H](OP(=O)([O-])[O-])[C@H]1O.[Na+].[Na+].[Na+].[Na+].[Na+].[Na+]. The molecule has 0 radical (unpaired) electrons. The van der Waals surface area contributed by atoms with E-state index in [9.17, 15) is 58.4 Å². The fraction of sp³-hybridized carbons (Fsp3) is 1.00. The molecule has 1 rings (SSSR count). The number of hydrogen-bond acceptors (Lipinski definition) is 15. The minimum Gasteiger partial charge on any atom is -0.790 e. The Morgan fingerprint density at radius 3 is 0.933 bits per heavy atom. The maximum absolute atomic E-state index is 10.6. The second kappa shape index (κ2) is 20.2. The molecule has 3 N–H and O–H groups in total. The molecule has 0 aliphatic heterocycles.